The van der Waals surface area contributed by atoms with E-state index in [2.05, 4.69) is 9.88 Å². The number of hydrogen-bond donors (Lipinski definition) is 2. The Kier molecular flexibility index (Phi) is 3.13. The quantitative estimate of drug-likeness (QED) is 0.812. The lowest BCUT2D eigenvalue weighted by atomic mass is 10.0. The van der Waals surface area contributed by atoms with Gasteiger partial charge in [-0.15, -0.1) is 0 Å². The number of anilines is 2. The second-order valence-electron chi connectivity index (χ2n) is 5.14. The van der Waals surface area contributed by atoms with Gasteiger partial charge in [0.15, 0.2) is 0 Å². The molecule has 2 rings (SSSR count). The number of hydrogen-bond acceptors (Lipinski definition) is 4. The summed E-state index contributed by atoms with van der Waals surface area (Å²) >= 11 is 0. The highest BCUT2D eigenvalue weighted by Crippen LogP contribution is 2.29. The van der Waals surface area contributed by atoms with Gasteiger partial charge in [-0.05, 0) is 38.1 Å². The number of rotatable bonds is 3. The van der Waals surface area contributed by atoms with Crippen LogP contribution in [0.4, 0.5) is 11.4 Å². The summed E-state index contributed by atoms with van der Waals surface area (Å²) in [5, 5.41) is 10.5. The molecule has 0 fully saturated rings. The first-order valence-electron chi connectivity index (χ1n) is 5.94. The van der Waals surface area contributed by atoms with E-state index >= 15 is 0 Å². The molecule has 0 radical (unpaired) electrons. The maximum Gasteiger partial charge on any atom is 0.0743 e. The normalized spacial score (nSPS) is 11.8. The molecular formula is C14H19N3O. The Labute approximate surface area is 107 Å². The van der Waals surface area contributed by atoms with Crippen LogP contribution in [0.25, 0.3) is 10.9 Å². The van der Waals surface area contributed by atoms with E-state index < -0.39 is 0 Å². The van der Waals surface area contributed by atoms with E-state index in [0.29, 0.717) is 5.69 Å². The van der Waals surface area contributed by atoms with E-state index in [0.717, 1.165) is 16.6 Å². The van der Waals surface area contributed by atoms with Crippen molar-refractivity contribution in [2.45, 2.75) is 19.4 Å². The molecule has 0 unspecified atom stereocenters. The van der Waals surface area contributed by atoms with Crippen molar-refractivity contribution in [2.24, 2.45) is 0 Å². The smallest absolute Gasteiger partial charge is 0.0743 e. The third kappa shape index (κ3) is 2.11. The number of aromatic nitrogens is 1. The van der Waals surface area contributed by atoms with Gasteiger partial charge in [-0.3, -0.25) is 4.98 Å². The summed E-state index contributed by atoms with van der Waals surface area (Å²) in [7, 11) is 1.97. The zero-order valence-corrected chi connectivity index (χ0v) is 11.0. The third-order valence-electron chi connectivity index (χ3n) is 3.40. The molecule has 4 heteroatoms. The highest BCUT2D eigenvalue weighted by Gasteiger charge is 2.24. The predicted octanol–water partition coefficient (Wildman–Crippen LogP) is 2.02. The first-order chi connectivity index (χ1) is 8.45. The molecule has 0 saturated carbocycles. The Morgan fingerprint density at radius 3 is 2.72 bits per heavy atom. The van der Waals surface area contributed by atoms with Crippen molar-refractivity contribution in [1.82, 2.24) is 4.98 Å². The number of pyridine rings is 1. The Hall–Kier alpha value is -1.81. The van der Waals surface area contributed by atoms with Gasteiger partial charge in [0.1, 0.15) is 0 Å². The minimum absolute atomic E-state index is 0.0856. The van der Waals surface area contributed by atoms with Gasteiger partial charge in [-0.2, -0.15) is 0 Å². The molecule has 2 aromatic rings. The van der Waals surface area contributed by atoms with Crippen LogP contribution in [0.3, 0.4) is 0 Å². The standard InChI is InChI=1S/C14H19N3O/c1-14(2,9-18)17(3)13-6-7-16-12-8-10(15)4-5-11(12)13/h4-8,18H,9,15H2,1-3H3. The van der Waals surface area contributed by atoms with E-state index in [9.17, 15) is 5.11 Å². The van der Waals surface area contributed by atoms with Crippen LogP contribution in [-0.4, -0.2) is 29.3 Å². The Balaban J connectivity index is 2.58. The van der Waals surface area contributed by atoms with Crippen molar-refractivity contribution < 1.29 is 5.11 Å². The van der Waals surface area contributed by atoms with Crippen molar-refractivity contribution in [3.8, 4) is 0 Å². The minimum atomic E-state index is -0.324. The van der Waals surface area contributed by atoms with Gasteiger partial charge < -0.3 is 15.7 Å². The van der Waals surface area contributed by atoms with Gasteiger partial charge >= 0.3 is 0 Å². The lowest BCUT2D eigenvalue weighted by Crippen LogP contribution is -2.44. The fraction of sp³-hybridized carbons (Fsp3) is 0.357. The molecule has 1 aromatic heterocycles. The summed E-state index contributed by atoms with van der Waals surface area (Å²) in [4.78, 5) is 6.39. The predicted molar refractivity (Wildman–Crippen MR) is 75.7 cm³/mol. The maximum atomic E-state index is 9.46. The highest BCUT2D eigenvalue weighted by molar-refractivity contribution is 5.93. The van der Waals surface area contributed by atoms with Gasteiger partial charge in [0, 0.05) is 30.0 Å². The molecule has 0 spiro atoms. The molecule has 0 amide bonds. The van der Waals surface area contributed by atoms with Crippen LogP contribution < -0.4 is 10.6 Å². The first-order valence-corrected chi connectivity index (χ1v) is 5.94. The van der Waals surface area contributed by atoms with Crippen molar-refractivity contribution in [3.63, 3.8) is 0 Å². The van der Waals surface area contributed by atoms with E-state index in [4.69, 9.17) is 5.73 Å². The molecule has 0 aliphatic rings. The lowest BCUT2D eigenvalue weighted by Gasteiger charge is -2.36. The summed E-state index contributed by atoms with van der Waals surface area (Å²) in [5.74, 6) is 0. The molecule has 0 aliphatic heterocycles. The fourth-order valence-electron chi connectivity index (χ4n) is 1.87. The Morgan fingerprint density at radius 2 is 2.06 bits per heavy atom. The molecular weight excluding hydrogens is 226 g/mol. The lowest BCUT2D eigenvalue weighted by molar-refractivity contribution is 0.216. The number of nitrogens with zero attached hydrogens (tertiary/aromatic N) is 2. The van der Waals surface area contributed by atoms with Gasteiger partial charge in [0.25, 0.3) is 0 Å². The van der Waals surface area contributed by atoms with Crippen LogP contribution in [0.5, 0.6) is 0 Å². The van der Waals surface area contributed by atoms with E-state index in [1.54, 1.807) is 6.20 Å². The number of aliphatic hydroxyl groups excluding tert-OH is 1. The summed E-state index contributed by atoms with van der Waals surface area (Å²) in [6.07, 6.45) is 1.76. The molecule has 4 nitrogen and oxygen atoms in total. The number of fused-ring (bicyclic) bond motifs is 1. The second-order valence-corrected chi connectivity index (χ2v) is 5.14. The summed E-state index contributed by atoms with van der Waals surface area (Å²) in [5.41, 5.74) is 8.06. The van der Waals surface area contributed by atoms with E-state index in [-0.39, 0.29) is 12.1 Å². The molecule has 0 aliphatic carbocycles. The minimum Gasteiger partial charge on any atom is -0.399 e. The fourth-order valence-corrected chi connectivity index (χ4v) is 1.87. The number of aliphatic hydroxyl groups is 1. The maximum absolute atomic E-state index is 9.46. The van der Waals surface area contributed by atoms with Crippen molar-refractivity contribution in [1.29, 1.82) is 0 Å². The first kappa shape index (κ1) is 12.6. The SMILES string of the molecule is CN(c1ccnc2cc(N)ccc12)C(C)(C)CO. The van der Waals surface area contributed by atoms with Gasteiger partial charge in [-0.25, -0.2) is 0 Å². The molecule has 0 saturated heterocycles. The van der Waals surface area contributed by atoms with Crippen LogP contribution in [0.15, 0.2) is 30.5 Å². The Bertz CT molecular complexity index is 566. The molecule has 1 aromatic carbocycles. The van der Waals surface area contributed by atoms with Crippen LogP contribution >= 0.6 is 0 Å². The number of nitrogen functional groups attached to an aromatic ring is 1. The molecule has 18 heavy (non-hydrogen) atoms. The van der Waals surface area contributed by atoms with Crippen LogP contribution in [0.1, 0.15) is 13.8 Å². The average Bonchev–Trinajstić information content (AvgIpc) is 2.36. The topological polar surface area (TPSA) is 62.4 Å². The largest absolute Gasteiger partial charge is 0.399 e. The number of benzene rings is 1. The highest BCUT2D eigenvalue weighted by atomic mass is 16.3. The molecule has 1 heterocycles. The summed E-state index contributed by atoms with van der Waals surface area (Å²) in [6, 6.07) is 7.65. The van der Waals surface area contributed by atoms with Crippen molar-refractivity contribution in [3.05, 3.63) is 30.5 Å². The second kappa shape index (κ2) is 4.46. The van der Waals surface area contributed by atoms with E-state index in [1.807, 2.05) is 45.2 Å². The summed E-state index contributed by atoms with van der Waals surface area (Å²) in [6.45, 7) is 4.08. The average molecular weight is 245 g/mol. The number of nitrogens with two attached hydrogens (primary N) is 1. The van der Waals surface area contributed by atoms with Crippen LogP contribution in [0.2, 0.25) is 0 Å². The van der Waals surface area contributed by atoms with Gasteiger partial charge in [-0.1, -0.05) is 0 Å². The van der Waals surface area contributed by atoms with Crippen molar-refractivity contribution >= 4 is 22.3 Å². The molecule has 3 N–H and O–H groups in total. The summed E-state index contributed by atoms with van der Waals surface area (Å²) < 4.78 is 0. The van der Waals surface area contributed by atoms with E-state index in [1.165, 1.54) is 0 Å². The molecule has 96 valence electrons. The molecule has 0 atom stereocenters. The zero-order valence-electron chi connectivity index (χ0n) is 11.0. The zero-order chi connectivity index (χ0) is 13.3. The van der Waals surface area contributed by atoms with Crippen LogP contribution in [-0.2, 0) is 0 Å². The van der Waals surface area contributed by atoms with Gasteiger partial charge in [0.05, 0.1) is 17.7 Å². The monoisotopic (exact) mass is 245 g/mol. The third-order valence-corrected chi connectivity index (χ3v) is 3.40. The number of likely N-dealkylation sites (N-methyl/N-ethyl adjacent to an activating group) is 1. The Morgan fingerprint density at radius 1 is 1.33 bits per heavy atom. The molecule has 0 bridgehead atoms. The van der Waals surface area contributed by atoms with Gasteiger partial charge in [0.2, 0.25) is 0 Å². The van der Waals surface area contributed by atoms with Crippen molar-refractivity contribution in [2.75, 3.05) is 24.3 Å². The van der Waals surface area contributed by atoms with Crippen LogP contribution in [0, 0.1) is 0 Å².